The van der Waals surface area contributed by atoms with E-state index < -0.39 is 6.10 Å². The zero-order valence-electron chi connectivity index (χ0n) is 22.4. The van der Waals surface area contributed by atoms with Gasteiger partial charge in [-0.15, -0.1) is 11.8 Å². The number of morpholine rings is 1. The van der Waals surface area contributed by atoms with Crippen molar-refractivity contribution in [3.8, 4) is 0 Å². The fourth-order valence-electron chi connectivity index (χ4n) is 6.81. The lowest BCUT2D eigenvalue weighted by molar-refractivity contribution is -0.133. The van der Waals surface area contributed by atoms with Gasteiger partial charge in [-0.2, -0.15) is 0 Å². The smallest absolute Gasteiger partial charge is 0.223 e. The number of ketones is 1. The van der Waals surface area contributed by atoms with Crippen LogP contribution in [0.4, 0.5) is 0 Å². The van der Waals surface area contributed by atoms with Gasteiger partial charge in [-0.3, -0.25) is 25.5 Å². The number of hydrogen-bond acceptors (Lipinski definition) is 12. The Morgan fingerprint density at radius 3 is 2.74 bits per heavy atom. The van der Waals surface area contributed by atoms with Crippen LogP contribution >= 0.6 is 11.8 Å². The van der Waals surface area contributed by atoms with Crippen LogP contribution in [0.3, 0.4) is 0 Å². The first-order chi connectivity index (χ1) is 19.0. The summed E-state index contributed by atoms with van der Waals surface area (Å²) in [5, 5.41) is 14.7. The Morgan fingerprint density at radius 2 is 1.95 bits per heavy atom. The van der Waals surface area contributed by atoms with E-state index in [0.29, 0.717) is 44.8 Å². The molecule has 12 nitrogen and oxygen atoms in total. The second-order valence-corrected chi connectivity index (χ2v) is 13.0. The quantitative estimate of drug-likeness (QED) is 0.217. The van der Waals surface area contributed by atoms with Gasteiger partial charge in [0.1, 0.15) is 6.10 Å². The van der Waals surface area contributed by atoms with Crippen LogP contribution in [0.5, 0.6) is 0 Å². The number of fused-ring (bicyclic) bond motifs is 1. The predicted molar refractivity (Wildman–Crippen MR) is 146 cm³/mol. The molecule has 0 bridgehead atoms. The average molecular weight is 566 g/mol. The molecule has 0 radical (unpaired) electrons. The van der Waals surface area contributed by atoms with Crippen molar-refractivity contribution in [2.45, 2.75) is 85.9 Å². The van der Waals surface area contributed by atoms with E-state index in [1.807, 2.05) is 0 Å². The minimum Gasteiger partial charge on any atom is -0.472 e. The third-order valence-electron chi connectivity index (χ3n) is 9.03. The molecule has 5 aliphatic heterocycles. The SMILES string of the molecule is NC(=O)C1CCC(N[C@H]2CCCC[C@H]2N)NC1NC1CNC(C2COC3C(=O)C=C(N4CCOCC4)OC32)S1. The molecule has 1 amide bonds. The summed E-state index contributed by atoms with van der Waals surface area (Å²) in [6, 6.07) is 0.458. The number of nitrogens with one attached hydrogen (secondary N) is 4. The lowest BCUT2D eigenvalue weighted by Crippen LogP contribution is -2.65. The van der Waals surface area contributed by atoms with Crippen LogP contribution in [0.25, 0.3) is 0 Å². The second kappa shape index (κ2) is 12.2. The Morgan fingerprint density at radius 1 is 1.13 bits per heavy atom. The molecule has 10 atom stereocenters. The van der Waals surface area contributed by atoms with Crippen molar-refractivity contribution in [1.29, 1.82) is 0 Å². The van der Waals surface area contributed by atoms with Crippen LogP contribution in [-0.4, -0.2) is 103 Å². The van der Waals surface area contributed by atoms with Gasteiger partial charge in [0.15, 0.2) is 17.8 Å². The van der Waals surface area contributed by atoms with Crippen molar-refractivity contribution in [1.82, 2.24) is 26.2 Å². The normalized spacial score (nSPS) is 43.1. The standard InChI is InChI=1S/C26H43N7O5S/c27-16-3-1-2-4-17(16)30-19-6-5-14(24(28)35)25(31-19)32-20-12-29-26(39-20)15-13-37-23-18(34)11-21(38-22(15)23)33-7-9-36-10-8-33/h11,14-17,19-20,22-23,25-26,29-32H,1-10,12-13,27H2,(H2,28,35)/t14?,15?,16-,17+,19?,20?,22?,23?,25?,26?/m1/s1. The van der Waals surface area contributed by atoms with E-state index in [2.05, 4.69) is 26.2 Å². The van der Waals surface area contributed by atoms with Gasteiger partial charge in [-0.05, 0) is 25.7 Å². The maximum atomic E-state index is 12.9. The maximum absolute atomic E-state index is 12.9. The number of hydrogen-bond donors (Lipinski definition) is 6. The van der Waals surface area contributed by atoms with Gasteiger partial charge in [0, 0.05) is 43.7 Å². The van der Waals surface area contributed by atoms with E-state index in [9.17, 15) is 9.59 Å². The number of carbonyl (C=O) groups excluding carboxylic acids is 2. The summed E-state index contributed by atoms with van der Waals surface area (Å²) in [7, 11) is 0. The molecule has 0 aromatic carbocycles. The fraction of sp³-hybridized carbons (Fsp3) is 0.846. The number of nitrogens with two attached hydrogens (primary N) is 2. The molecule has 4 saturated heterocycles. The van der Waals surface area contributed by atoms with Gasteiger partial charge in [0.25, 0.3) is 0 Å². The summed E-state index contributed by atoms with van der Waals surface area (Å²) in [4.78, 5) is 27.3. The molecule has 1 aliphatic carbocycles. The van der Waals surface area contributed by atoms with Gasteiger partial charge in [-0.25, -0.2) is 0 Å². The summed E-state index contributed by atoms with van der Waals surface area (Å²) in [6.45, 7) is 3.86. The highest BCUT2D eigenvalue weighted by Crippen LogP contribution is 2.39. The topological polar surface area (TPSA) is 165 Å². The van der Waals surface area contributed by atoms with Crippen LogP contribution in [0.1, 0.15) is 38.5 Å². The van der Waals surface area contributed by atoms with Crippen LogP contribution in [0.15, 0.2) is 12.0 Å². The summed E-state index contributed by atoms with van der Waals surface area (Å²) >= 11 is 1.77. The molecule has 218 valence electrons. The molecule has 0 aromatic rings. The summed E-state index contributed by atoms with van der Waals surface area (Å²) in [6.07, 6.45) is 6.61. The van der Waals surface area contributed by atoms with Crippen molar-refractivity contribution in [3.05, 3.63) is 12.0 Å². The number of carbonyl (C=O) groups is 2. The zero-order chi connectivity index (χ0) is 26.9. The fourth-order valence-corrected chi connectivity index (χ4v) is 8.21. The molecule has 0 aromatic heterocycles. The second-order valence-electron chi connectivity index (χ2n) is 11.6. The van der Waals surface area contributed by atoms with E-state index in [1.54, 1.807) is 17.8 Å². The Kier molecular flexibility index (Phi) is 8.66. The van der Waals surface area contributed by atoms with Crippen molar-refractivity contribution in [2.75, 3.05) is 39.5 Å². The van der Waals surface area contributed by atoms with Crippen molar-refractivity contribution in [2.24, 2.45) is 23.3 Å². The molecule has 1 saturated carbocycles. The highest BCUT2D eigenvalue weighted by Gasteiger charge is 2.51. The molecule has 5 fully saturated rings. The van der Waals surface area contributed by atoms with Crippen molar-refractivity contribution < 1.29 is 23.8 Å². The zero-order valence-corrected chi connectivity index (χ0v) is 23.2. The third-order valence-corrected chi connectivity index (χ3v) is 10.5. The first-order valence-electron chi connectivity index (χ1n) is 14.5. The molecule has 8 N–H and O–H groups in total. The molecular weight excluding hydrogens is 522 g/mol. The van der Waals surface area contributed by atoms with E-state index in [4.69, 9.17) is 25.7 Å². The van der Waals surface area contributed by atoms with E-state index in [0.717, 1.165) is 32.2 Å². The number of ether oxygens (including phenoxy) is 3. The van der Waals surface area contributed by atoms with Crippen LogP contribution in [-0.2, 0) is 23.8 Å². The number of thioether (sulfide) groups is 1. The van der Waals surface area contributed by atoms with Crippen LogP contribution < -0.4 is 32.7 Å². The molecule has 5 heterocycles. The van der Waals surface area contributed by atoms with Crippen molar-refractivity contribution >= 4 is 23.5 Å². The van der Waals surface area contributed by atoms with Crippen LogP contribution in [0.2, 0.25) is 0 Å². The van der Waals surface area contributed by atoms with Gasteiger partial charge in [0.2, 0.25) is 5.91 Å². The highest BCUT2D eigenvalue weighted by molar-refractivity contribution is 8.00. The molecule has 13 heteroatoms. The minimum atomic E-state index is -0.563. The Labute approximate surface area is 234 Å². The van der Waals surface area contributed by atoms with Gasteiger partial charge in [-0.1, -0.05) is 12.8 Å². The van der Waals surface area contributed by atoms with E-state index in [1.165, 1.54) is 12.8 Å². The average Bonchev–Trinajstić information content (AvgIpc) is 3.58. The molecule has 39 heavy (non-hydrogen) atoms. The number of nitrogens with zero attached hydrogens (tertiary/aromatic N) is 1. The highest BCUT2D eigenvalue weighted by atomic mass is 32.2. The summed E-state index contributed by atoms with van der Waals surface area (Å²) < 4.78 is 17.8. The Hall–Kier alpha value is -1.45. The van der Waals surface area contributed by atoms with E-state index >= 15 is 0 Å². The monoisotopic (exact) mass is 565 g/mol. The summed E-state index contributed by atoms with van der Waals surface area (Å²) in [5.41, 5.74) is 12.2. The Bertz CT molecular complexity index is 936. The molecule has 6 aliphatic rings. The Balaban J connectivity index is 1.06. The number of primary amides is 1. The van der Waals surface area contributed by atoms with Gasteiger partial charge < -0.3 is 35.9 Å². The number of rotatable bonds is 7. The number of piperidine rings is 1. The summed E-state index contributed by atoms with van der Waals surface area (Å²) in [5.74, 6) is 0.0461. The van der Waals surface area contributed by atoms with Gasteiger partial charge in [0.05, 0.1) is 48.8 Å². The predicted octanol–water partition coefficient (Wildman–Crippen LogP) is -1.28. The molecule has 8 unspecified atom stereocenters. The third kappa shape index (κ3) is 6.10. The molecule has 6 rings (SSSR count). The first-order valence-corrected chi connectivity index (χ1v) is 15.5. The largest absolute Gasteiger partial charge is 0.472 e. The molecule has 0 spiro atoms. The van der Waals surface area contributed by atoms with Crippen LogP contribution in [0, 0.1) is 11.8 Å². The molecular formula is C26H43N7O5S. The lowest BCUT2D eigenvalue weighted by Gasteiger charge is -2.41. The maximum Gasteiger partial charge on any atom is 0.223 e. The lowest BCUT2D eigenvalue weighted by atomic mass is 9.89. The first kappa shape index (κ1) is 27.7. The number of amides is 1. The van der Waals surface area contributed by atoms with Gasteiger partial charge >= 0.3 is 0 Å². The minimum absolute atomic E-state index is 0.0222. The van der Waals surface area contributed by atoms with E-state index in [-0.39, 0.29) is 58.8 Å². The van der Waals surface area contributed by atoms with Crippen molar-refractivity contribution in [3.63, 3.8) is 0 Å².